The molecule has 19 heteroatoms. The number of aliphatic hydroxyl groups is 1. The van der Waals surface area contributed by atoms with Gasteiger partial charge < -0.3 is 33.8 Å². The van der Waals surface area contributed by atoms with Crippen LogP contribution in [0.3, 0.4) is 0 Å². The van der Waals surface area contributed by atoms with Gasteiger partial charge in [-0.1, -0.05) is 401 Å². The molecule has 3 unspecified atom stereocenters. The summed E-state index contributed by atoms with van der Waals surface area (Å²) in [6, 6.07) is 0. The number of phosphoric ester groups is 2. The lowest BCUT2D eigenvalue weighted by Gasteiger charge is -2.21. The molecule has 0 heterocycles. The predicted octanol–water partition coefficient (Wildman–Crippen LogP) is 25.8. The summed E-state index contributed by atoms with van der Waals surface area (Å²) in [5.74, 6) is -0.430. The second-order valence-electron chi connectivity index (χ2n) is 31.3. The zero-order valence-corrected chi connectivity index (χ0v) is 70.1. The molecule has 0 amide bonds. The standard InChI is InChI=1S/C85H166O17P2/c1-7-10-12-14-16-17-18-19-20-23-29-35-40-45-51-57-63-69-84(89)101-80(73-95-82(87)67-61-55-47-15-13-11-8-2)75-99-103(91,92)97-71-79(86)72-98-104(93,94)100-76-81(74-96-83(88)68-62-56-50-44-39-34-31-26-27-32-37-42-48-53-59-65-77(4)5)102-85(90)70-64-58-52-46-41-36-30-25-22-21-24-28-33-38-43-49-54-60-66-78(6)9-3/h77-81,86H,7-76H2,1-6H3,(H,91,92)(H,93,94)/t78?,79-,80+,81+/m0/s1. The monoisotopic (exact) mass is 1520 g/mol. The minimum absolute atomic E-state index is 0.108. The molecule has 0 saturated heterocycles. The van der Waals surface area contributed by atoms with Crippen LogP contribution >= 0.6 is 15.6 Å². The Balaban J connectivity index is 5.16. The Morgan fingerprint density at radius 2 is 0.490 bits per heavy atom. The molecule has 618 valence electrons. The number of ether oxygens (including phenoxy) is 4. The van der Waals surface area contributed by atoms with E-state index in [0.717, 1.165) is 115 Å². The Morgan fingerprint density at radius 3 is 0.731 bits per heavy atom. The lowest BCUT2D eigenvalue weighted by molar-refractivity contribution is -0.161. The highest BCUT2D eigenvalue weighted by atomic mass is 31.2. The maximum Gasteiger partial charge on any atom is 0.472 e. The van der Waals surface area contributed by atoms with Crippen molar-refractivity contribution in [3.8, 4) is 0 Å². The molecule has 0 aliphatic carbocycles. The van der Waals surface area contributed by atoms with Crippen molar-refractivity contribution in [1.29, 1.82) is 0 Å². The van der Waals surface area contributed by atoms with Gasteiger partial charge in [0.2, 0.25) is 0 Å². The van der Waals surface area contributed by atoms with Crippen LogP contribution in [0.25, 0.3) is 0 Å². The number of esters is 4. The second kappa shape index (κ2) is 76.4. The average molecular weight is 1520 g/mol. The minimum atomic E-state index is -4.96. The number of rotatable bonds is 84. The van der Waals surface area contributed by atoms with E-state index in [4.69, 9.17) is 37.0 Å². The van der Waals surface area contributed by atoms with E-state index in [9.17, 15) is 43.2 Å². The van der Waals surface area contributed by atoms with E-state index in [1.807, 2.05) is 0 Å². The summed E-state index contributed by atoms with van der Waals surface area (Å²) in [6.07, 6.45) is 68.2. The first-order valence-corrected chi connectivity index (χ1v) is 47.0. The number of hydrogen-bond acceptors (Lipinski definition) is 15. The van der Waals surface area contributed by atoms with Crippen LogP contribution in [0.1, 0.15) is 452 Å². The highest BCUT2D eigenvalue weighted by molar-refractivity contribution is 7.47. The van der Waals surface area contributed by atoms with Gasteiger partial charge in [-0.15, -0.1) is 0 Å². The van der Waals surface area contributed by atoms with E-state index in [1.165, 1.54) is 257 Å². The fraction of sp³-hybridized carbons (Fsp3) is 0.953. The third kappa shape index (κ3) is 76.8. The van der Waals surface area contributed by atoms with E-state index in [2.05, 4.69) is 41.5 Å². The van der Waals surface area contributed by atoms with Gasteiger partial charge in [0.15, 0.2) is 12.2 Å². The smallest absolute Gasteiger partial charge is 0.462 e. The van der Waals surface area contributed by atoms with Gasteiger partial charge in [-0.05, 0) is 37.5 Å². The molecule has 104 heavy (non-hydrogen) atoms. The van der Waals surface area contributed by atoms with Crippen LogP contribution in [0, 0.1) is 11.8 Å². The first-order valence-electron chi connectivity index (χ1n) is 44.0. The summed E-state index contributed by atoms with van der Waals surface area (Å²) in [5, 5.41) is 10.6. The molecule has 0 aliphatic rings. The first-order chi connectivity index (χ1) is 50.4. The van der Waals surface area contributed by atoms with E-state index < -0.39 is 97.5 Å². The number of phosphoric acid groups is 2. The van der Waals surface area contributed by atoms with Crippen LogP contribution in [-0.4, -0.2) is 96.7 Å². The Kier molecular flexibility index (Phi) is 75.0. The summed E-state index contributed by atoms with van der Waals surface area (Å²) in [6.45, 7) is 9.72. The fourth-order valence-corrected chi connectivity index (χ4v) is 14.8. The van der Waals surface area contributed by atoms with E-state index in [1.54, 1.807) is 0 Å². The maximum atomic E-state index is 13.1. The number of aliphatic hydroxyl groups excluding tert-OH is 1. The van der Waals surface area contributed by atoms with Crippen LogP contribution in [0.5, 0.6) is 0 Å². The van der Waals surface area contributed by atoms with Crippen molar-refractivity contribution in [1.82, 2.24) is 0 Å². The average Bonchev–Trinajstić information content (AvgIpc) is 0.908. The van der Waals surface area contributed by atoms with E-state index >= 15 is 0 Å². The second-order valence-corrected chi connectivity index (χ2v) is 34.2. The van der Waals surface area contributed by atoms with Gasteiger partial charge >= 0.3 is 39.5 Å². The van der Waals surface area contributed by atoms with E-state index in [-0.39, 0.29) is 25.7 Å². The first kappa shape index (κ1) is 102. The van der Waals surface area contributed by atoms with Crippen LogP contribution in [0.2, 0.25) is 0 Å². The van der Waals surface area contributed by atoms with Crippen molar-refractivity contribution >= 4 is 39.5 Å². The summed E-state index contributed by atoms with van der Waals surface area (Å²) in [7, 11) is -9.92. The molecular formula is C85H166O17P2. The summed E-state index contributed by atoms with van der Waals surface area (Å²) in [4.78, 5) is 73.0. The molecule has 0 aliphatic heterocycles. The van der Waals surface area contributed by atoms with Crippen LogP contribution in [0.4, 0.5) is 0 Å². The number of carbonyl (C=O) groups is 4. The molecule has 3 N–H and O–H groups in total. The molecule has 6 atom stereocenters. The topological polar surface area (TPSA) is 237 Å². The SMILES string of the molecule is CCCCCCCCCCCCCCCCCCCC(=O)O[C@H](COC(=O)CCCCCCCCC)COP(=O)(O)OC[C@H](O)COP(=O)(O)OC[C@@H](COC(=O)CCCCCCCCCCCCCCCCCC(C)C)OC(=O)CCCCCCCCCCCCCCCCCCCCC(C)CC. The molecule has 0 bridgehead atoms. The molecule has 0 aromatic carbocycles. The van der Waals surface area contributed by atoms with Crippen molar-refractivity contribution in [2.75, 3.05) is 39.6 Å². The largest absolute Gasteiger partial charge is 0.472 e. The van der Waals surface area contributed by atoms with Gasteiger partial charge in [-0.2, -0.15) is 0 Å². The molecule has 0 rings (SSSR count). The van der Waals surface area contributed by atoms with Crippen LogP contribution in [-0.2, 0) is 65.4 Å². The third-order valence-corrected chi connectivity index (χ3v) is 22.2. The molecule has 0 aromatic rings. The molecule has 0 spiro atoms. The highest BCUT2D eigenvalue weighted by Crippen LogP contribution is 2.45. The Bertz CT molecular complexity index is 2000. The summed E-state index contributed by atoms with van der Waals surface area (Å²) in [5.41, 5.74) is 0. The zero-order chi connectivity index (χ0) is 76.4. The number of carbonyl (C=O) groups excluding carboxylic acids is 4. The number of unbranched alkanes of at least 4 members (excludes halogenated alkanes) is 53. The van der Waals surface area contributed by atoms with Crippen molar-refractivity contribution in [2.24, 2.45) is 11.8 Å². The lowest BCUT2D eigenvalue weighted by atomic mass is 9.99. The predicted molar refractivity (Wildman–Crippen MR) is 428 cm³/mol. The molecular weight excluding hydrogens is 1350 g/mol. The van der Waals surface area contributed by atoms with Crippen molar-refractivity contribution in [2.45, 2.75) is 471 Å². The fourth-order valence-electron chi connectivity index (χ4n) is 13.2. The van der Waals surface area contributed by atoms with Crippen molar-refractivity contribution in [3.63, 3.8) is 0 Å². The third-order valence-electron chi connectivity index (χ3n) is 20.3. The Morgan fingerprint density at radius 1 is 0.279 bits per heavy atom. The number of hydrogen-bond donors (Lipinski definition) is 3. The van der Waals surface area contributed by atoms with Gasteiger partial charge in [0.1, 0.15) is 19.3 Å². The summed E-state index contributed by atoms with van der Waals surface area (Å²) >= 11 is 0. The lowest BCUT2D eigenvalue weighted by Crippen LogP contribution is -2.30. The van der Waals surface area contributed by atoms with Gasteiger partial charge in [0.05, 0.1) is 26.4 Å². The normalized spacial score (nSPS) is 14.1. The summed E-state index contributed by atoms with van der Waals surface area (Å²) < 4.78 is 68.7. The Hall–Kier alpha value is -1.94. The molecule has 0 fully saturated rings. The zero-order valence-electron chi connectivity index (χ0n) is 68.3. The van der Waals surface area contributed by atoms with Gasteiger partial charge in [-0.3, -0.25) is 37.3 Å². The molecule has 0 saturated carbocycles. The maximum absolute atomic E-state index is 13.1. The quantitative estimate of drug-likeness (QED) is 0.0222. The van der Waals surface area contributed by atoms with Gasteiger partial charge in [-0.25, -0.2) is 9.13 Å². The highest BCUT2D eigenvalue weighted by Gasteiger charge is 2.30. The van der Waals surface area contributed by atoms with E-state index in [0.29, 0.717) is 25.7 Å². The van der Waals surface area contributed by atoms with Gasteiger partial charge in [0, 0.05) is 25.7 Å². The molecule has 0 radical (unpaired) electrons. The van der Waals surface area contributed by atoms with Crippen LogP contribution in [0.15, 0.2) is 0 Å². The minimum Gasteiger partial charge on any atom is -0.462 e. The molecule has 0 aromatic heterocycles. The van der Waals surface area contributed by atoms with Crippen molar-refractivity contribution < 1.29 is 80.2 Å². The van der Waals surface area contributed by atoms with Crippen molar-refractivity contribution in [3.05, 3.63) is 0 Å². The molecule has 17 nitrogen and oxygen atoms in total. The van der Waals surface area contributed by atoms with Gasteiger partial charge in [0.25, 0.3) is 0 Å². The Labute approximate surface area is 638 Å². The van der Waals surface area contributed by atoms with Crippen LogP contribution < -0.4 is 0 Å².